The largest absolute Gasteiger partial charge is 0.469 e. The molecule has 0 unspecified atom stereocenters. The maximum absolute atomic E-state index is 12.2. The van der Waals surface area contributed by atoms with Crippen molar-refractivity contribution in [1.82, 2.24) is 9.62 Å². The van der Waals surface area contributed by atoms with E-state index in [4.69, 9.17) is 0 Å². The van der Waals surface area contributed by atoms with E-state index in [0.717, 1.165) is 25.7 Å². The van der Waals surface area contributed by atoms with Crippen LogP contribution in [0.15, 0.2) is 0 Å². The molecule has 7 heteroatoms. The number of methoxy groups -OCH3 is 1. The molecular weight excluding hydrogens is 280 g/mol. The van der Waals surface area contributed by atoms with E-state index in [2.05, 4.69) is 10.1 Å². The lowest BCUT2D eigenvalue weighted by Gasteiger charge is -2.33. The molecule has 1 fully saturated rings. The average Bonchev–Trinajstić information content (AvgIpc) is 2.46. The number of rotatable bonds is 7. The number of hydrogen-bond acceptors (Lipinski definition) is 5. The summed E-state index contributed by atoms with van der Waals surface area (Å²) in [4.78, 5) is 11.0. The fourth-order valence-electron chi connectivity index (χ4n) is 2.60. The first-order chi connectivity index (χ1) is 9.40. The lowest BCUT2D eigenvalue weighted by atomic mass is 9.91. The van der Waals surface area contributed by atoms with Gasteiger partial charge in [0, 0.05) is 25.6 Å². The highest BCUT2D eigenvalue weighted by molar-refractivity contribution is 7.89. The van der Waals surface area contributed by atoms with E-state index in [1.807, 2.05) is 7.05 Å². The van der Waals surface area contributed by atoms with Crippen LogP contribution in [0.5, 0.6) is 0 Å². The molecule has 0 radical (unpaired) electrons. The summed E-state index contributed by atoms with van der Waals surface area (Å²) in [6.07, 6.45) is 4.24. The molecule has 1 N–H and O–H groups in total. The van der Waals surface area contributed by atoms with Gasteiger partial charge >= 0.3 is 5.97 Å². The molecule has 1 aliphatic carbocycles. The van der Waals surface area contributed by atoms with Crippen molar-refractivity contribution >= 4 is 16.0 Å². The minimum absolute atomic E-state index is 0.00452. The number of hydrogen-bond donors (Lipinski definition) is 1. The number of nitrogens with zero attached hydrogens (tertiary/aromatic N) is 1. The zero-order valence-electron chi connectivity index (χ0n) is 12.6. The van der Waals surface area contributed by atoms with Crippen molar-refractivity contribution in [3.8, 4) is 0 Å². The molecule has 1 rings (SSSR count). The van der Waals surface area contributed by atoms with Crippen molar-refractivity contribution in [2.45, 2.75) is 50.6 Å². The Balaban J connectivity index is 2.44. The van der Waals surface area contributed by atoms with Gasteiger partial charge in [-0.15, -0.1) is 0 Å². The van der Waals surface area contributed by atoms with Gasteiger partial charge < -0.3 is 10.1 Å². The summed E-state index contributed by atoms with van der Waals surface area (Å²) in [5, 5.41) is 3.24. The molecule has 0 aromatic rings. The quantitative estimate of drug-likeness (QED) is 0.702. The lowest BCUT2D eigenvalue weighted by Crippen LogP contribution is -2.43. The monoisotopic (exact) mass is 306 g/mol. The molecule has 0 bridgehead atoms. The fraction of sp³-hybridized carbons (Fsp3) is 0.923. The molecule has 0 aromatic carbocycles. The molecule has 0 amide bonds. The highest BCUT2D eigenvalue weighted by Gasteiger charge is 2.29. The van der Waals surface area contributed by atoms with Gasteiger partial charge in [-0.3, -0.25) is 4.79 Å². The van der Waals surface area contributed by atoms with Crippen LogP contribution in [0.1, 0.15) is 38.5 Å². The van der Waals surface area contributed by atoms with Crippen LogP contribution in [0.2, 0.25) is 0 Å². The topological polar surface area (TPSA) is 75.7 Å². The van der Waals surface area contributed by atoms with Crippen LogP contribution < -0.4 is 5.32 Å². The normalized spacial score (nSPS) is 23.8. The summed E-state index contributed by atoms with van der Waals surface area (Å²) >= 11 is 0. The number of nitrogens with one attached hydrogen (secondary N) is 1. The van der Waals surface area contributed by atoms with Crippen LogP contribution in [-0.4, -0.2) is 57.7 Å². The van der Waals surface area contributed by atoms with Gasteiger partial charge in [-0.25, -0.2) is 12.7 Å². The second-order valence-corrected chi connectivity index (χ2v) is 7.45. The first-order valence-electron chi connectivity index (χ1n) is 7.10. The van der Waals surface area contributed by atoms with Crippen LogP contribution in [0.25, 0.3) is 0 Å². The molecule has 0 atom stereocenters. The first-order valence-corrected chi connectivity index (χ1v) is 8.71. The molecule has 0 spiro atoms. The molecule has 0 aromatic heterocycles. The standard InChI is InChI=1S/C13H26N2O4S/c1-14-11-6-8-12(9-7-11)15(2)20(17,18)10-4-5-13(16)19-3/h11-12,14H,4-10H2,1-3H3. The zero-order valence-corrected chi connectivity index (χ0v) is 13.4. The van der Waals surface area contributed by atoms with Crippen LogP contribution >= 0.6 is 0 Å². The van der Waals surface area contributed by atoms with E-state index in [1.54, 1.807) is 7.05 Å². The Morgan fingerprint density at radius 2 is 1.90 bits per heavy atom. The van der Waals surface area contributed by atoms with Crippen molar-refractivity contribution in [3.05, 3.63) is 0 Å². The summed E-state index contributed by atoms with van der Waals surface area (Å²) in [5.41, 5.74) is 0. The Labute approximate surface area is 121 Å². The van der Waals surface area contributed by atoms with Crippen LogP contribution in [-0.2, 0) is 19.6 Å². The third-order valence-corrected chi connectivity index (χ3v) is 6.05. The van der Waals surface area contributed by atoms with Gasteiger partial charge in [-0.1, -0.05) is 0 Å². The SMILES string of the molecule is CNC1CCC(N(C)S(=O)(=O)CCCC(=O)OC)CC1. The lowest BCUT2D eigenvalue weighted by molar-refractivity contribution is -0.140. The fourth-order valence-corrected chi connectivity index (χ4v) is 4.06. The average molecular weight is 306 g/mol. The van der Waals surface area contributed by atoms with E-state index < -0.39 is 10.0 Å². The summed E-state index contributed by atoms with van der Waals surface area (Å²) in [6, 6.07) is 0.587. The smallest absolute Gasteiger partial charge is 0.305 e. The van der Waals surface area contributed by atoms with E-state index in [9.17, 15) is 13.2 Å². The van der Waals surface area contributed by atoms with Crippen molar-refractivity contribution in [1.29, 1.82) is 0 Å². The van der Waals surface area contributed by atoms with Gasteiger partial charge in [0.1, 0.15) is 0 Å². The van der Waals surface area contributed by atoms with Crippen molar-refractivity contribution in [2.75, 3.05) is 27.0 Å². The number of sulfonamides is 1. The van der Waals surface area contributed by atoms with Crippen LogP contribution in [0.3, 0.4) is 0 Å². The van der Waals surface area contributed by atoms with Gasteiger partial charge in [0.25, 0.3) is 0 Å². The summed E-state index contributed by atoms with van der Waals surface area (Å²) in [5.74, 6) is -0.359. The van der Waals surface area contributed by atoms with Gasteiger partial charge in [-0.05, 0) is 39.2 Å². The molecule has 1 aliphatic rings. The van der Waals surface area contributed by atoms with Crippen molar-refractivity contribution in [2.24, 2.45) is 0 Å². The summed E-state index contributed by atoms with van der Waals surface area (Å²) < 4.78 is 30.4. The van der Waals surface area contributed by atoms with E-state index in [1.165, 1.54) is 11.4 Å². The first kappa shape index (κ1) is 17.4. The number of esters is 1. The Bertz CT molecular complexity index is 403. The second-order valence-electron chi connectivity index (χ2n) is 5.31. The van der Waals surface area contributed by atoms with Crippen LogP contribution in [0, 0.1) is 0 Å². The molecule has 20 heavy (non-hydrogen) atoms. The molecule has 0 aliphatic heterocycles. The van der Waals surface area contributed by atoms with Gasteiger partial charge in [0.2, 0.25) is 10.0 Å². The predicted octanol–water partition coefficient (Wildman–Crippen LogP) is 0.732. The number of ether oxygens (including phenoxy) is 1. The van der Waals surface area contributed by atoms with E-state index >= 15 is 0 Å². The second kappa shape index (κ2) is 7.95. The molecule has 1 saturated carbocycles. The Morgan fingerprint density at radius 3 is 2.40 bits per heavy atom. The molecular formula is C13H26N2O4S. The van der Waals surface area contributed by atoms with Crippen molar-refractivity contribution in [3.63, 3.8) is 0 Å². The highest BCUT2D eigenvalue weighted by atomic mass is 32.2. The number of carbonyl (C=O) groups excluding carboxylic acids is 1. The molecule has 118 valence electrons. The van der Waals surface area contributed by atoms with Crippen molar-refractivity contribution < 1.29 is 17.9 Å². The van der Waals surface area contributed by atoms with E-state index in [-0.39, 0.29) is 24.2 Å². The van der Waals surface area contributed by atoms with E-state index in [0.29, 0.717) is 12.5 Å². The maximum Gasteiger partial charge on any atom is 0.305 e. The van der Waals surface area contributed by atoms with Gasteiger partial charge in [0.05, 0.1) is 12.9 Å². The molecule has 0 heterocycles. The Kier molecular flexibility index (Phi) is 6.91. The predicted molar refractivity (Wildman–Crippen MR) is 77.9 cm³/mol. The minimum Gasteiger partial charge on any atom is -0.469 e. The molecule has 0 saturated heterocycles. The Morgan fingerprint density at radius 1 is 1.30 bits per heavy atom. The summed E-state index contributed by atoms with van der Waals surface area (Å²) in [7, 11) is 1.62. The highest BCUT2D eigenvalue weighted by Crippen LogP contribution is 2.24. The van der Waals surface area contributed by atoms with Crippen LogP contribution in [0.4, 0.5) is 0 Å². The Hall–Kier alpha value is -0.660. The summed E-state index contributed by atoms with van der Waals surface area (Å²) in [6.45, 7) is 0. The third kappa shape index (κ3) is 5.03. The maximum atomic E-state index is 12.2. The number of carbonyl (C=O) groups is 1. The molecule has 6 nitrogen and oxygen atoms in total. The third-order valence-electron chi connectivity index (χ3n) is 4.07. The van der Waals surface area contributed by atoms with Gasteiger partial charge in [-0.2, -0.15) is 0 Å². The minimum atomic E-state index is -3.28. The van der Waals surface area contributed by atoms with Gasteiger partial charge in [0.15, 0.2) is 0 Å². The zero-order chi connectivity index (χ0) is 15.2.